The Morgan fingerprint density at radius 3 is 2.90 bits per heavy atom. The minimum Gasteiger partial charge on any atom is -0.478 e. The number of hydrogen-bond acceptors (Lipinski definition) is 3. The van der Waals surface area contributed by atoms with Crippen LogP contribution in [0.5, 0.6) is 0 Å². The van der Waals surface area contributed by atoms with Crippen LogP contribution in [-0.2, 0) is 6.42 Å². The zero-order valence-electron chi connectivity index (χ0n) is 10.9. The Hall–Kier alpha value is -1.56. The Balaban J connectivity index is 1.88. The first-order valence-corrected chi connectivity index (χ1v) is 7.78. The van der Waals surface area contributed by atoms with Crippen molar-refractivity contribution in [2.75, 3.05) is 11.5 Å². The number of halogens is 1. The van der Waals surface area contributed by atoms with E-state index in [1.54, 1.807) is 0 Å². The van der Waals surface area contributed by atoms with Crippen LogP contribution in [0.2, 0.25) is 0 Å². The molecule has 1 aliphatic rings. The molecular formula is C14H15FN2O2S. The minimum atomic E-state index is -1.27. The summed E-state index contributed by atoms with van der Waals surface area (Å²) >= 11 is 1.98. The number of carboxylic acid groups (broad SMARTS) is 1. The zero-order valence-corrected chi connectivity index (χ0v) is 11.7. The van der Waals surface area contributed by atoms with Gasteiger partial charge in [0.25, 0.3) is 0 Å². The number of imidazole rings is 1. The monoisotopic (exact) mass is 294 g/mol. The molecule has 2 N–H and O–H groups in total. The van der Waals surface area contributed by atoms with Gasteiger partial charge in [0.1, 0.15) is 11.6 Å². The number of rotatable bonds is 3. The van der Waals surface area contributed by atoms with Gasteiger partial charge in [-0.05, 0) is 36.3 Å². The van der Waals surface area contributed by atoms with E-state index in [1.165, 1.54) is 36.5 Å². The molecule has 0 saturated carbocycles. The van der Waals surface area contributed by atoms with Gasteiger partial charge in [-0.15, -0.1) is 0 Å². The van der Waals surface area contributed by atoms with E-state index in [4.69, 9.17) is 5.11 Å². The highest BCUT2D eigenvalue weighted by atomic mass is 32.2. The Kier molecular flexibility index (Phi) is 3.65. The molecule has 20 heavy (non-hydrogen) atoms. The number of aromatic carboxylic acids is 1. The molecule has 4 nitrogen and oxygen atoms in total. The van der Waals surface area contributed by atoms with Crippen molar-refractivity contribution in [1.29, 1.82) is 0 Å². The van der Waals surface area contributed by atoms with Crippen molar-refractivity contribution in [3.63, 3.8) is 0 Å². The summed E-state index contributed by atoms with van der Waals surface area (Å²) in [5.74, 6) is 1.80. The van der Waals surface area contributed by atoms with Crippen LogP contribution in [0, 0.1) is 11.7 Å². The van der Waals surface area contributed by atoms with Crippen molar-refractivity contribution in [2.24, 2.45) is 5.92 Å². The van der Waals surface area contributed by atoms with E-state index in [-0.39, 0.29) is 5.56 Å². The van der Waals surface area contributed by atoms with Gasteiger partial charge in [-0.3, -0.25) is 0 Å². The topological polar surface area (TPSA) is 66.0 Å². The molecule has 1 aromatic heterocycles. The maximum atomic E-state index is 13.6. The summed E-state index contributed by atoms with van der Waals surface area (Å²) in [7, 11) is 0. The SMILES string of the molecule is O=C(O)c1cc2nc(CC3CCSCC3)[nH]c2cc1F. The quantitative estimate of drug-likeness (QED) is 0.913. The fraction of sp³-hybridized carbons (Fsp3) is 0.429. The van der Waals surface area contributed by atoms with Crippen LogP contribution >= 0.6 is 11.8 Å². The van der Waals surface area contributed by atoms with Gasteiger partial charge in [0.05, 0.1) is 16.6 Å². The summed E-state index contributed by atoms with van der Waals surface area (Å²) in [4.78, 5) is 18.4. The van der Waals surface area contributed by atoms with Gasteiger partial charge < -0.3 is 10.1 Å². The van der Waals surface area contributed by atoms with Gasteiger partial charge in [0.15, 0.2) is 0 Å². The van der Waals surface area contributed by atoms with E-state index in [9.17, 15) is 9.18 Å². The number of aromatic nitrogens is 2. The number of nitrogens with one attached hydrogen (secondary N) is 1. The molecule has 106 valence electrons. The van der Waals surface area contributed by atoms with Crippen LogP contribution in [0.1, 0.15) is 29.0 Å². The Morgan fingerprint density at radius 2 is 2.20 bits per heavy atom. The summed E-state index contributed by atoms with van der Waals surface area (Å²) in [5.41, 5.74) is 0.751. The van der Waals surface area contributed by atoms with Crippen LogP contribution in [0.25, 0.3) is 11.0 Å². The molecule has 2 heterocycles. The van der Waals surface area contributed by atoms with Crippen molar-refractivity contribution >= 4 is 28.8 Å². The summed E-state index contributed by atoms with van der Waals surface area (Å²) in [6.07, 6.45) is 3.20. The molecule has 0 atom stereocenters. The second kappa shape index (κ2) is 5.44. The van der Waals surface area contributed by atoms with Crippen LogP contribution < -0.4 is 0 Å². The first-order valence-electron chi connectivity index (χ1n) is 6.62. The van der Waals surface area contributed by atoms with Gasteiger partial charge in [0, 0.05) is 12.5 Å². The zero-order chi connectivity index (χ0) is 14.1. The largest absolute Gasteiger partial charge is 0.478 e. The standard InChI is InChI=1S/C14H15FN2O2S/c15-10-7-12-11(6-9(10)14(18)19)16-13(17-12)5-8-1-3-20-4-2-8/h6-8H,1-5H2,(H,16,17)(H,18,19). The number of nitrogens with zero attached hydrogens (tertiary/aromatic N) is 1. The number of hydrogen-bond donors (Lipinski definition) is 2. The predicted molar refractivity (Wildman–Crippen MR) is 76.8 cm³/mol. The van der Waals surface area contributed by atoms with Gasteiger partial charge in [-0.2, -0.15) is 11.8 Å². The van der Waals surface area contributed by atoms with Crippen LogP contribution in [0.15, 0.2) is 12.1 Å². The number of carboxylic acids is 1. The third-order valence-corrected chi connectivity index (χ3v) is 4.72. The average Bonchev–Trinajstić information content (AvgIpc) is 2.79. The lowest BCUT2D eigenvalue weighted by Crippen LogP contribution is -2.12. The van der Waals surface area contributed by atoms with Crippen LogP contribution in [-0.4, -0.2) is 32.5 Å². The second-order valence-corrected chi connectivity index (χ2v) is 6.32. The summed E-state index contributed by atoms with van der Waals surface area (Å²) in [5, 5.41) is 8.91. The molecule has 1 aromatic carbocycles. The number of fused-ring (bicyclic) bond motifs is 1. The third-order valence-electron chi connectivity index (χ3n) is 3.67. The van der Waals surface area contributed by atoms with E-state index in [0.29, 0.717) is 17.0 Å². The Labute approximate surface area is 119 Å². The highest BCUT2D eigenvalue weighted by Crippen LogP contribution is 2.26. The maximum absolute atomic E-state index is 13.6. The molecule has 0 aliphatic carbocycles. The molecule has 0 amide bonds. The number of carbonyl (C=O) groups is 1. The Bertz CT molecular complexity index is 650. The number of thioether (sulfide) groups is 1. The lowest BCUT2D eigenvalue weighted by atomic mass is 9.99. The third kappa shape index (κ3) is 2.65. The fourth-order valence-corrected chi connectivity index (χ4v) is 3.77. The summed E-state index contributed by atoms with van der Waals surface area (Å²) in [6.45, 7) is 0. The van der Waals surface area contributed by atoms with Crippen molar-refractivity contribution in [3.05, 3.63) is 29.3 Å². The number of H-pyrrole nitrogens is 1. The lowest BCUT2D eigenvalue weighted by Gasteiger charge is -2.19. The lowest BCUT2D eigenvalue weighted by molar-refractivity contribution is 0.0692. The maximum Gasteiger partial charge on any atom is 0.338 e. The molecule has 0 unspecified atom stereocenters. The van der Waals surface area contributed by atoms with Gasteiger partial charge >= 0.3 is 5.97 Å². The van der Waals surface area contributed by atoms with Gasteiger partial charge in [-0.25, -0.2) is 14.2 Å². The van der Waals surface area contributed by atoms with Crippen LogP contribution in [0.3, 0.4) is 0 Å². The molecule has 1 fully saturated rings. The van der Waals surface area contributed by atoms with Crippen molar-refractivity contribution in [1.82, 2.24) is 9.97 Å². The first-order chi connectivity index (χ1) is 9.63. The van der Waals surface area contributed by atoms with Crippen molar-refractivity contribution < 1.29 is 14.3 Å². The van der Waals surface area contributed by atoms with Gasteiger partial charge in [0.2, 0.25) is 0 Å². The van der Waals surface area contributed by atoms with Gasteiger partial charge in [-0.1, -0.05) is 0 Å². The molecule has 1 aliphatic heterocycles. The molecule has 0 bridgehead atoms. The van der Waals surface area contributed by atoms with E-state index < -0.39 is 11.8 Å². The van der Waals surface area contributed by atoms with E-state index in [2.05, 4.69) is 9.97 Å². The smallest absolute Gasteiger partial charge is 0.338 e. The normalized spacial score (nSPS) is 16.6. The fourth-order valence-electron chi connectivity index (χ4n) is 2.57. The Morgan fingerprint density at radius 1 is 1.45 bits per heavy atom. The molecule has 0 radical (unpaired) electrons. The average molecular weight is 294 g/mol. The molecule has 2 aromatic rings. The molecule has 3 rings (SSSR count). The van der Waals surface area contributed by atoms with E-state index >= 15 is 0 Å². The highest BCUT2D eigenvalue weighted by Gasteiger charge is 2.18. The van der Waals surface area contributed by atoms with Crippen LogP contribution in [0.4, 0.5) is 4.39 Å². The number of aromatic amines is 1. The molecular weight excluding hydrogens is 279 g/mol. The summed E-state index contributed by atoms with van der Waals surface area (Å²) < 4.78 is 13.6. The molecule has 1 saturated heterocycles. The van der Waals surface area contributed by atoms with Crippen molar-refractivity contribution in [2.45, 2.75) is 19.3 Å². The summed E-state index contributed by atoms with van der Waals surface area (Å²) in [6, 6.07) is 2.51. The highest BCUT2D eigenvalue weighted by molar-refractivity contribution is 7.99. The molecule has 6 heteroatoms. The second-order valence-electron chi connectivity index (χ2n) is 5.10. The van der Waals surface area contributed by atoms with E-state index in [0.717, 1.165) is 12.2 Å². The number of benzene rings is 1. The van der Waals surface area contributed by atoms with Crippen molar-refractivity contribution in [3.8, 4) is 0 Å². The first kappa shape index (κ1) is 13.4. The molecule has 0 spiro atoms. The van der Waals surface area contributed by atoms with E-state index in [1.807, 2.05) is 11.8 Å². The minimum absolute atomic E-state index is 0.329. The predicted octanol–water partition coefficient (Wildman–Crippen LogP) is 3.09.